The van der Waals surface area contributed by atoms with Crippen LogP contribution in [0.15, 0.2) is 66.7 Å². The minimum Gasteiger partial charge on any atom is -0.340 e. The number of rotatable bonds is 6. The maximum absolute atomic E-state index is 13.1. The van der Waals surface area contributed by atoms with Crippen LogP contribution in [-0.4, -0.2) is 58.8 Å². The van der Waals surface area contributed by atoms with Crippen LogP contribution in [0.3, 0.4) is 0 Å². The second-order valence-electron chi connectivity index (χ2n) is 8.20. The van der Waals surface area contributed by atoms with Crippen molar-refractivity contribution in [2.75, 3.05) is 32.7 Å². The van der Waals surface area contributed by atoms with Gasteiger partial charge >= 0.3 is 0 Å². The van der Waals surface area contributed by atoms with Gasteiger partial charge in [-0.2, -0.15) is 0 Å². The lowest BCUT2D eigenvalue weighted by Gasteiger charge is -2.34. The van der Waals surface area contributed by atoms with Crippen molar-refractivity contribution in [2.24, 2.45) is 0 Å². The summed E-state index contributed by atoms with van der Waals surface area (Å²) in [6.07, 6.45) is 0.436. The van der Waals surface area contributed by atoms with Gasteiger partial charge in [0.25, 0.3) is 0 Å². The number of Topliss-reactive ketones (excluding diaryl/α,β-unsaturated/α-hetero) is 1. The van der Waals surface area contributed by atoms with Gasteiger partial charge in [0.1, 0.15) is 0 Å². The Balaban J connectivity index is 1.35. The minimum atomic E-state index is 0.138. The number of piperazine rings is 1. The zero-order valence-electron chi connectivity index (χ0n) is 18.3. The van der Waals surface area contributed by atoms with E-state index in [0.29, 0.717) is 26.1 Å². The average molecular weight is 416 g/mol. The molecule has 0 N–H and O–H groups in total. The van der Waals surface area contributed by atoms with E-state index in [2.05, 4.69) is 21.6 Å². The molecule has 0 bridgehead atoms. The molecular weight excluding hydrogens is 386 g/mol. The van der Waals surface area contributed by atoms with E-state index in [1.807, 2.05) is 73.3 Å². The Hall–Kier alpha value is -3.18. The summed E-state index contributed by atoms with van der Waals surface area (Å²) < 4.78 is 2.13. The van der Waals surface area contributed by atoms with E-state index >= 15 is 0 Å². The summed E-state index contributed by atoms with van der Waals surface area (Å²) in [4.78, 5) is 29.7. The lowest BCUT2D eigenvalue weighted by Crippen LogP contribution is -2.50. The highest BCUT2D eigenvalue weighted by Gasteiger charge is 2.24. The topological polar surface area (TPSA) is 45.6 Å². The molecule has 2 heterocycles. The fourth-order valence-electron chi connectivity index (χ4n) is 4.35. The first kappa shape index (κ1) is 21.1. The minimum absolute atomic E-state index is 0.138. The van der Waals surface area contributed by atoms with E-state index in [1.54, 1.807) is 0 Å². The Labute approximate surface area is 183 Å². The van der Waals surface area contributed by atoms with Gasteiger partial charge in [-0.05, 0) is 37.6 Å². The van der Waals surface area contributed by atoms with Crippen LogP contribution < -0.4 is 0 Å². The lowest BCUT2D eigenvalue weighted by atomic mass is 10.1. The molecule has 31 heavy (non-hydrogen) atoms. The van der Waals surface area contributed by atoms with Crippen molar-refractivity contribution in [2.45, 2.75) is 20.3 Å². The summed E-state index contributed by atoms with van der Waals surface area (Å²) in [5, 5.41) is 0. The number of benzene rings is 2. The number of ketones is 1. The molecule has 0 aliphatic carbocycles. The summed E-state index contributed by atoms with van der Waals surface area (Å²) in [5.41, 5.74) is 4.93. The molecule has 1 amide bonds. The summed E-state index contributed by atoms with van der Waals surface area (Å²) >= 11 is 0. The van der Waals surface area contributed by atoms with E-state index in [0.717, 1.165) is 41.3 Å². The predicted molar refractivity (Wildman–Crippen MR) is 123 cm³/mol. The van der Waals surface area contributed by atoms with Crippen LogP contribution in [0.25, 0.3) is 5.69 Å². The number of amides is 1. The summed E-state index contributed by atoms with van der Waals surface area (Å²) in [6, 6.07) is 22.0. The van der Waals surface area contributed by atoms with Gasteiger partial charge in [-0.1, -0.05) is 48.5 Å². The highest BCUT2D eigenvalue weighted by Crippen LogP contribution is 2.21. The molecule has 0 saturated carbocycles. The van der Waals surface area contributed by atoms with Gasteiger partial charge in [0.15, 0.2) is 5.78 Å². The Morgan fingerprint density at radius 1 is 0.839 bits per heavy atom. The number of carbonyl (C=O) groups excluding carboxylic acids is 2. The van der Waals surface area contributed by atoms with Gasteiger partial charge in [-0.15, -0.1) is 0 Å². The third-order valence-electron chi connectivity index (χ3n) is 6.04. The Bertz CT molecular complexity index is 1050. The average Bonchev–Trinajstić information content (AvgIpc) is 3.09. The van der Waals surface area contributed by atoms with E-state index < -0.39 is 0 Å². The smallest absolute Gasteiger partial charge is 0.227 e. The number of hydrogen-bond acceptors (Lipinski definition) is 3. The zero-order chi connectivity index (χ0) is 21.8. The molecule has 160 valence electrons. The monoisotopic (exact) mass is 415 g/mol. The largest absolute Gasteiger partial charge is 0.340 e. The Kier molecular flexibility index (Phi) is 6.33. The fraction of sp³-hybridized carbons (Fsp3) is 0.308. The van der Waals surface area contributed by atoms with Crippen molar-refractivity contribution >= 4 is 11.7 Å². The van der Waals surface area contributed by atoms with Gasteiger partial charge in [-0.25, -0.2) is 0 Å². The molecule has 4 rings (SSSR count). The number of para-hydroxylation sites is 1. The predicted octanol–water partition coefficient (Wildman–Crippen LogP) is 3.66. The second-order valence-corrected chi connectivity index (χ2v) is 8.20. The first-order valence-corrected chi connectivity index (χ1v) is 10.8. The van der Waals surface area contributed by atoms with Gasteiger partial charge in [0.2, 0.25) is 5.91 Å². The van der Waals surface area contributed by atoms with E-state index in [4.69, 9.17) is 0 Å². The standard InChI is InChI=1S/C26H29N3O2/c1-20-17-24(21(2)29(20)23-11-7-4-8-12-23)25(30)19-27-13-15-28(16-14-27)26(31)18-22-9-5-3-6-10-22/h3-12,17H,13-16,18-19H2,1-2H3. The van der Waals surface area contributed by atoms with Gasteiger partial charge in [-0.3, -0.25) is 14.5 Å². The first-order chi connectivity index (χ1) is 15.0. The molecule has 2 aromatic carbocycles. The third-order valence-corrected chi connectivity index (χ3v) is 6.04. The Morgan fingerprint density at radius 3 is 2.10 bits per heavy atom. The van der Waals surface area contributed by atoms with Crippen LogP contribution in [0.1, 0.15) is 27.3 Å². The molecule has 1 aliphatic rings. The van der Waals surface area contributed by atoms with Crippen molar-refractivity contribution in [1.29, 1.82) is 0 Å². The van der Waals surface area contributed by atoms with Crippen molar-refractivity contribution in [1.82, 2.24) is 14.4 Å². The number of hydrogen-bond donors (Lipinski definition) is 0. The molecule has 5 nitrogen and oxygen atoms in total. The maximum Gasteiger partial charge on any atom is 0.227 e. The van der Waals surface area contributed by atoms with Gasteiger partial charge in [0, 0.05) is 48.8 Å². The van der Waals surface area contributed by atoms with E-state index in [1.165, 1.54) is 0 Å². The number of aryl methyl sites for hydroxylation is 1. The van der Waals surface area contributed by atoms with Crippen LogP contribution in [0, 0.1) is 13.8 Å². The second kappa shape index (κ2) is 9.31. The highest BCUT2D eigenvalue weighted by molar-refractivity contribution is 5.99. The number of aromatic nitrogens is 1. The third kappa shape index (κ3) is 4.78. The van der Waals surface area contributed by atoms with E-state index in [9.17, 15) is 9.59 Å². The van der Waals surface area contributed by atoms with Crippen LogP contribution in [0.5, 0.6) is 0 Å². The van der Waals surface area contributed by atoms with Crippen molar-refractivity contribution in [3.8, 4) is 5.69 Å². The molecule has 0 atom stereocenters. The Morgan fingerprint density at radius 2 is 1.45 bits per heavy atom. The molecule has 5 heteroatoms. The SMILES string of the molecule is Cc1cc(C(=O)CN2CCN(C(=O)Cc3ccccc3)CC2)c(C)n1-c1ccccc1. The molecule has 1 aliphatic heterocycles. The van der Waals surface area contributed by atoms with Crippen LogP contribution >= 0.6 is 0 Å². The van der Waals surface area contributed by atoms with Gasteiger partial charge < -0.3 is 9.47 Å². The van der Waals surface area contributed by atoms with Crippen molar-refractivity contribution < 1.29 is 9.59 Å². The lowest BCUT2D eigenvalue weighted by molar-refractivity contribution is -0.132. The molecule has 1 aromatic heterocycles. The molecule has 1 saturated heterocycles. The molecule has 0 spiro atoms. The maximum atomic E-state index is 13.1. The summed E-state index contributed by atoms with van der Waals surface area (Å²) in [5.74, 6) is 0.294. The normalized spacial score (nSPS) is 14.6. The summed E-state index contributed by atoms with van der Waals surface area (Å²) in [6.45, 7) is 7.22. The van der Waals surface area contributed by atoms with Crippen molar-refractivity contribution in [3.05, 3.63) is 89.2 Å². The van der Waals surface area contributed by atoms with Crippen LogP contribution in [-0.2, 0) is 11.2 Å². The molecule has 3 aromatic rings. The van der Waals surface area contributed by atoms with Crippen LogP contribution in [0.2, 0.25) is 0 Å². The van der Waals surface area contributed by atoms with Crippen molar-refractivity contribution in [3.63, 3.8) is 0 Å². The fourth-order valence-corrected chi connectivity index (χ4v) is 4.35. The molecular formula is C26H29N3O2. The first-order valence-electron chi connectivity index (χ1n) is 10.8. The number of nitrogens with zero attached hydrogens (tertiary/aromatic N) is 3. The van der Waals surface area contributed by atoms with E-state index in [-0.39, 0.29) is 11.7 Å². The molecule has 0 radical (unpaired) electrons. The van der Waals surface area contributed by atoms with Crippen LogP contribution in [0.4, 0.5) is 0 Å². The molecule has 0 unspecified atom stereocenters. The highest BCUT2D eigenvalue weighted by atomic mass is 16.2. The van der Waals surface area contributed by atoms with Gasteiger partial charge in [0.05, 0.1) is 13.0 Å². The molecule has 1 fully saturated rings. The zero-order valence-corrected chi connectivity index (χ0v) is 18.3. The number of carbonyl (C=O) groups is 2. The summed E-state index contributed by atoms with van der Waals surface area (Å²) in [7, 11) is 0. The quantitative estimate of drug-likeness (QED) is 0.577.